The number of fused-ring (bicyclic) bond motifs is 2. The molecule has 145 heavy (non-hydrogen) atoms. The maximum atomic E-state index is 14.1. The molecule has 0 aromatic heterocycles. The summed E-state index contributed by atoms with van der Waals surface area (Å²) in [6.07, 6.45) is -1.26. The molecule has 0 bridgehead atoms. The Morgan fingerprint density at radius 2 is 0.821 bits per heavy atom. The number of anilines is 1. The van der Waals surface area contributed by atoms with Crippen LogP contribution in [0.15, 0.2) is 101 Å². The van der Waals surface area contributed by atoms with Crippen LogP contribution in [0.1, 0.15) is 126 Å². The Morgan fingerprint density at radius 3 is 1.23 bits per heavy atom. The summed E-state index contributed by atoms with van der Waals surface area (Å²) in [4.78, 5) is 42.5. The fourth-order valence-electron chi connectivity index (χ4n) is 15.6. The van der Waals surface area contributed by atoms with Crippen LogP contribution in [0.2, 0.25) is 0 Å². The third-order valence-corrected chi connectivity index (χ3v) is 26.3. The van der Waals surface area contributed by atoms with Gasteiger partial charge in [-0.05, 0) is 113 Å². The van der Waals surface area contributed by atoms with Gasteiger partial charge in [0, 0.05) is 107 Å². The Labute approximate surface area is 876 Å². The molecule has 8 unspecified atom stereocenters. The second-order valence-corrected chi connectivity index (χ2v) is 40.8. The molecule has 0 saturated carbocycles. The maximum Gasteiger partial charge on any atom is 1.00 e. The van der Waals surface area contributed by atoms with Crippen LogP contribution in [0.5, 0.6) is 0 Å². The van der Waals surface area contributed by atoms with Crippen LogP contribution in [0.4, 0.5) is 11.4 Å². The monoisotopic (exact) mass is 2140 g/mol. The first-order valence-corrected chi connectivity index (χ1v) is 53.1. The number of aliphatic hydroxyl groups is 16. The Morgan fingerprint density at radius 1 is 0.441 bits per heavy atom. The zero-order valence-electron chi connectivity index (χ0n) is 84.0. The van der Waals surface area contributed by atoms with E-state index in [-0.39, 0.29) is 219 Å². The van der Waals surface area contributed by atoms with Crippen LogP contribution in [-0.4, -0.2) is 480 Å². The fourth-order valence-corrected chi connectivity index (χ4v) is 17.9. The number of rotatable bonds is 85. The Hall–Kier alpha value is -4.85. The fraction of sp³-hybridized carbons (Fsp3) is 0.732. The van der Waals surface area contributed by atoms with Crippen molar-refractivity contribution in [3.63, 3.8) is 0 Å². The SMILES string of the molecule is CC1(C)C(/C=C/C2=C(SCCCOC(COC(COC(COCC(O)CO)COCC(O)CO)COC(COCC(O)CO)COCC(O)CO)COC(COC(COCC(O)CO)COCC(O)CO)COC(COCC(O)CO)COCC(O)CO)C(=C/C=C3/N(CCCCS(=O)(=O)[O-])c4ccc(C(=O)NCCCCCCN5C(=O)C=CC5=O)cc4C3(C)C)/CCC2)=[N+](CCCCS(=O)(=O)[O-])c2ccccc21.[Na+]. The molecular weight excluding hydrogens is 1980 g/mol. The van der Waals surface area contributed by atoms with E-state index in [1.165, 1.54) is 17.1 Å². The molecule has 3 amide bonds. The number of carbonyl (C=O) groups excluding carboxylic acids is 3. The summed E-state index contributed by atoms with van der Waals surface area (Å²) in [7, 11) is -9.08. The van der Waals surface area contributed by atoms with Crippen molar-refractivity contribution in [3.8, 4) is 0 Å². The molecule has 2 aromatic rings. The molecule has 8 atom stereocenters. The van der Waals surface area contributed by atoms with E-state index in [2.05, 4.69) is 46.9 Å². The molecular formula is C97H157N4NaO40S3. The summed E-state index contributed by atoms with van der Waals surface area (Å²) < 4.78 is 166. The third kappa shape index (κ3) is 50.3. The summed E-state index contributed by atoms with van der Waals surface area (Å²) in [6, 6.07) is 13.4. The van der Waals surface area contributed by atoms with E-state index >= 15 is 0 Å². The standard InChI is InChI=1S/C97H158N4O40S3.Na/c1-96(2)86-19-7-8-20-88(86)99(30-11-13-35-143(121,122)123)90(96)25-22-68-17-15-18-69(23-26-91-97(3,4)87-37-70(21-24-89(87)100(91)31-12-14-36-144(124,125)126)95(120)98-29-9-5-6-10-32-101-92(118)27-28-93(101)119)94(68)142-34-16-33-135-83(62-140-84(64-136-79(54-127-46-71(110)38-102)55-128-47-72(111)39-103)65-137-80(56-129-48-73(112)40-104)57-130-49-74(113)41-105)63-141-85(66-138-81(58-131-50-75(114)42-106)59-132-51-76(115)43-107)67-139-82(60-133-52-77(116)44-108)61-134-53-78(117)45-109;/h7-8,19-28,37,71-85,102-117H,5-6,9-18,29-36,38-67H2,1-4H3,(H2-,98,120,121,122,123,124,125,126);/q;+1/p-1. The van der Waals surface area contributed by atoms with Crippen LogP contribution in [0.3, 0.4) is 0 Å². The van der Waals surface area contributed by atoms with E-state index in [4.69, 9.17) is 71.1 Å². The molecule has 0 radical (unpaired) electrons. The minimum Gasteiger partial charge on any atom is -0.748 e. The van der Waals surface area contributed by atoms with Gasteiger partial charge in [-0.25, -0.2) is 16.8 Å². The van der Waals surface area contributed by atoms with Crippen molar-refractivity contribution in [2.75, 3.05) is 253 Å². The van der Waals surface area contributed by atoms with Gasteiger partial charge in [0.05, 0.1) is 224 Å². The van der Waals surface area contributed by atoms with Gasteiger partial charge in [-0.15, -0.1) is 11.8 Å². The normalized spacial score (nSPS) is 18.7. The van der Waals surface area contributed by atoms with Crippen LogP contribution in [0, 0.1) is 0 Å². The van der Waals surface area contributed by atoms with Gasteiger partial charge in [-0.2, -0.15) is 4.58 Å². The summed E-state index contributed by atoms with van der Waals surface area (Å²) in [5.41, 5.74) is 6.14. The number of para-hydroxylation sites is 1. The van der Waals surface area contributed by atoms with Gasteiger partial charge in [-0.3, -0.25) is 19.3 Å². The average molecular weight is 2140 g/mol. The van der Waals surface area contributed by atoms with E-state index < -0.39 is 187 Å². The number of amides is 3. The summed E-state index contributed by atoms with van der Waals surface area (Å²) in [6.45, 7) is -2.73. The molecule has 44 nitrogen and oxygen atoms in total. The van der Waals surface area contributed by atoms with Gasteiger partial charge < -0.3 is 172 Å². The van der Waals surface area contributed by atoms with Crippen molar-refractivity contribution in [1.29, 1.82) is 0 Å². The van der Waals surface area contributed by atoms with E-state index in [0.717, 1.165) is 62.8 Å². The molecule has 2 aromatic carbocycles. The first-order chi connectivity index (χ1) is 68.9. The number of carbonyl (C=O) groups is 3. The number of thioether (sulfide) groups is 1. The molecule has 17 N–H and O–H groups in total. The first-order valence-electron chi connectivity index (χ1n) is 49.0. The number of nitrogens with one attached hydrogen (secondary N) is 1. The number of hydrogen-bond acceptors (Lipinski definition) is 42. The van der Waals surface area contributed by atoms with Gasteiger partial charge in [0.15, 0.2) is 5.71 Å². The number of imide groups is 1. The van der Waals surface area contributed by atoms with Gasteiger partial charge in [0.1, 0.15) is 98.1 Å². The molecule has 4 aliphatic rings. The summed E-state index contributed by atoms with van der Waals surface area (Å²) in [5.74, 6) is -1.75. The van der Waals surface area contributed by atoms with Crippen LogP contribution in [0.25, 0.3) is 0 Å². The predicted molar refractivity (Wildman–Crippen MR) is 523 cm³/mol. The molecule has 824 valence electrons. The van der Waals surface area contributed by atoms with Crippen LogP contribution in [-0.2, 0) is 112 Å². The van der Waals surface area contributed by atoms with Gasteiger partial charge in [0.2, 0.25) is 5.69 Å². The molecule has 0 fully saturated rings. The smallest absolute Gasteiger partial charge is 0.748 e. The van der Waals surface area contributed by atoms with Crippen LogP contribution < -0.4 is 39.8 Å². The molecule has 3 heterocycles. The molecule has 48 heteroatoms. The average Bonchev–Trinajstić information content (AvgIpc) is 1.59. The Balaban J connectivity index is 0.0000370. The van der Waals surface area contributed by atoms with Gasteiger partial charge >= 0.3 is 29.6 Å². The predicted octanol–water partition coefficient (Wildman–Crippen LogP) is -4.69. The van der Waals surface area contributed by atoms with Gasteiger partial charge in [0.25, 0.3) is 17.7 Å². The van der Waals surface area contributed by atoms with Crippen molar-refractivity contribution in [2.24, 2.45) is 0 Å². The molecule has 0 saturated heterocycles. The second-order valence-electron chi connectivity index (χ2n) is 36.7. The third-order valence-electron chi connectivity index (χ3n) is 23.5. The Bertz CT molecular complexity index is 4190. The van der Waals surface area contributed by atoms with E-state index in [9.17, 15) is 122 Å². The minimum absolute atomic E-state index is 0. The van der Waals surface area contributed by atoms with Crippen molar-refractivity contribution >= 4 is 66.8 Å². The quantitative estimate of drug-likeness (QED) is 0.00973. The van der Waals surface area contributed by atoms with E-state index in [0.29, 0.717) is 82.3 Å². The molecule has 1 aliphatic carbocycles. The number of nitrogens with zero attached hydrogens (tertiary/aromatic N) is 3. The molecule has 3 aliphatic heterocycles. The van der Waals surface area contributed by atoms with Gasteiger partial charge in [-0.1, -0.05) is 57.0 Å². The first kappa shape index (κ1) is 131. The second kappa shape index (κ2) is 71.9. The summed E-state index contributed by atoms with van der Waals surface area (Å²) >= 11 is 1.55. The summed E-state index contributed by atoms with van der Waals surface area (Å²) in [5, 5.41) is 162. The number of ether oxygens (including phenoxy) is 15. The van der Waals surface area contributed by atoms with Crippen molar-refractivity contribution in [1.82, 2.24) is 10.2 Å². The Kier molecular flexibility index (Phi) is 64.8. The number of unbranched alkanes of at least 4 members (excludes halogenated alkanes) is 5. The van der Waals surface area contributed by atoms with E-state index in [1.54, 1.807) is 17.8 Å². The zero-order chi connectivity index (χ0) is 105. The number of hydrogen-bond donors (Lipinski definition) is 17. The molecule has 6 rings (SSSR count). The van der Waals surface area contributed by atoms with Crippen molar-refractivity contribution in [2.45, 2.75) is 207 Å². The largest absolute Gasteiger partial charge is 1.00 e. The van der Waals surface area contributed by atoms with E-state index in [1.807, 2.05) is 56.3 Å². The topological polar surface area (TPSA) is 649 Å². The number of allylic oxidation sites excluding steroid dienone is 7. The van der Waals surface area contributed by atoms with Crippen molar-refractivity contribution < 1.29 is 227 Å². The van der Waals surface area contributed by atoms with Crippen LogP contribution >= 0.6 is 11.8 Å². The number of aliphatic hydroxyl groups excluding tert-OH is 16. The molecule has 0 spiro atoms. The number of benzene rings is 2. The zero-order valence-corrected chi connectivity index (χ0v) is 88.5. The van der Waals surface area contributed by atoms with Crippen molar-refractivity contribution in [3.05, 3.63) is 117 Å². The maximum absolute atomic E-state index is 14.1. The minimum atomic E-state index is -4.57.